The van der Waals surface area contributed by atoms with Crippen molar-refractivity contribution in [3.63, 3.8) is 0 Å². The first-order chi connectivity index (χ1) is 9.78. The van der Waals surface area contributed by atoms with E-state index in [0.29, 0.717) is 6.42 Å². The molecule has 1 aliphatic carbocycles. The Balaban J connectivity index is 1.84. The molecule has 1 aromatic rings. The molecule has 5 heteroatoms. The number of rotatable bonds is 2. The Morgan fingerprint density at radius 3 is 3.10 bits per heavy atom. The topological polar surface area (TPSA) is 55.3 Å². The number of ether oxygens (including phenoxy) is 1. The summed E-state index contributed by atoms with van der Waals surface area (Å²) in [5.74, 6) is 0.917. The number of hydrogen-bond donors (Lipinski definition) is 0. The van der Waals surface area contributed by atoms with Gasteiger partial charge in [-0.1, -0.05) is 6.92 Å². The van der Waals surface area contributed by atoms with Gasteiger partial charge >= 0.3 is 0 Å². The molecule has 0 amide bonds. The number of carbonyl (C=O) groups excluding carboxylic acids is 1. The van der Waals surface area contributed by atoms with E-state index in [2.05, 4.69) is 21.8 Å². The van der Waals surface area contributed by atoms with Gasteiger partial charge in [0.05, 0.1) is 17.9 Å². The number of aromatic nitrogens is 2. The molecule has 0 radical (unpaired) electrons. The van der Waals surface area contributed by atoms with Crippen LogP contribution in [0.5, 0.6) is 0 Å². The molecule has 1 fully saturated rings. The first-order valence-electron chi connectivity index (χ1n) is 7.51. The second-order valence-corrected chi connectivity index (χ2v) is 5.47. The highest BCUT2D eigenvalue weighted by Crippen LogP contribution is 2.23. The maximum absolute atomic E-state index is 12.0. The first kappa shape index (κ1) is 13.6. The van der Waals surface area contributed by atoms with Crippen LogP contribution >= 0.6 is 0 Å². The number of nitrogens with zero attached hydrogens (tertiary/aromatic N) is 3. The van der Waals surface area contributed by atoms with Crippen LogP contribution in [0.2, 0.25) is 0 Å². The number of fused-ring (bicyclic) bond motifs is 1. The number of aryl methyl sites for hydroxylation is 1. The van der Waals surface area contributed by atoms with Crippen molar-refractivity contribution >= 4 is 5.78 Å². The Hall–Kier alpha value is -1.33. The number of ketones is 1. The standard InChI is InChI=1S/C15H21N3O2/c1-2-18-7-8-20-14(10-18)15-16-9-11-12(17-15)5-3-4-6-13(11)19/h9,14H,2-8,10H2,1H3. The molecule has 108 valence electrons. The third kappa shape index (κ3) is 2.74. The van der Waals surface area contributed by atoms with Gasteiger partial charge in [-0.25, -0.2) is 9.97 Å². The number of Topliss-reactive ketones (excluding diaryl/α,β-unsaturated/α-hetero) is 1. The lowest BCUT2D eigenvalue weighted by atomic mass is 10.1. The van der Waals surface area contributed by atoms with Gasteiger partial charge < -0.3 is 4.74 Å². The van der Waals surface area contributed by atoms with Crippen LogP contribution in [0.15, 0.2) is 6.20 Å². The quantitative estimate of drug-likeness (QED) is 0.770. The van der Waals surface area contributed by atoms with Gasteiger partial charge in [-0.3, -0.25) is 9.69 Å². The Kier molecular flexibility index (Phi) is 4.08. The molecule has 2 heterocycles. The van der Waals surface area contributed by atoms with Crippen molar-refractivity contribution in [3.05, 3.63) is 23.3 Å². The minimum Gasteiger partial charge on any atom is -0.368 e. The van der Waals surface area contributed by atoms with Gasteiger partial charge in [0.15, 0.2) is 11.6 Å². The van der Waals surface area contributed by atoms with E-state index in [0.717, 1.165) is 62.6 Å². The zero-order valence-electron chi connectivity index (χ0n) is 12.0. The highest BCUT2D eigenvalue weighted by Gasteiger charge is 2.25. The van der Waals surface area contributed by atoms with Crippen molar-refractivity contribution in [2.24, 2.45) is 0 Å². The number of carbonyl (C=O) groups is 1. The summed E-state index contributed by atoms with van der Waals surface area (Å²) in [6.07, 6.45) is 5.13. The molecule has 1 aromatic heterocycles. The number of likely N-dealkylation sites (N-methyl/N-ethyl adjacent to an activating group) is 1. The maximum Gasteiger partial charge on any atom is 0.166 e. The zero-order valence-corrected chi connectivity index (χ0v) is 12.0. The predicted octanol–water partition coefficient (Wildman–Crippen LogP) is 1.78. The van der Waals surface area contributed by atoms with Gasteiger partial charge in [0, 0.05) is 25.7 Å². The van der Waals surface area contributed by atoms with Gasteiger partial charge in [-0.05, 0) is 25.8 Å². The van der Waals surface area contributed by atoms with Crippen molar-refractivity contribution < 1.29 is 9.53 Å². The summed E-state index contributed by atoms with van der Waals surface area (Å²) in [7, 11) is 0. The molecule has 0 saturated carbocycles. The summed E-state index contributed by atoms with van der Waals surface area (Å²) in [5, 5.41) is 0. The molecule has 1 unspecified atom stereocenters. The van der Waals surface area contributed by atoms with Crippen LogP contribution in [0.3, 0.4) is 0 Å². The van der Waals surface area contributed by atoms with E-state index in [9.17, 15) is 4.79 Å². The van der Waals surface area contributed by atoms with Crippen LogP contribution in [0.4, 0.5) is 0 Å². The normalized spacial score (nSPS) is 24.2. The van der Waals surface area contributed by atoms with E-state index < -0.39 is 0 Å². The zero-order chi connectivity index (χ0) is 13.9. The summed E-state index contributed by atoms with van der Waals surface area (Å²) >= 11 is 0. The second kappa shape index (κ2) is 5.97. The fourth-order valence-electron chi connectivity index (χ4n) is 2.87. The molecule has 1 saturated heterocycles. The molecule has 0 bridgehead atoms. The van der Waals surface area contributed by atoms with Crippen molar-refractivity contribution in [2.45, 2.75) is 38.7 Å². The molecule has 20 heavy (non-hydrogen) atoms. The Labute approximate surface area is 119 Å². The number of hydrogen-bond acceptors (Lipinski definition) is 5. The van der Waals surface area contributed by atoms with E-state index in [1.807, 2.05) is 0 Å². The van der Waals surface area contributed by atoms with Crippen molar-refractivity contribution in [2.75, 3.05) is 26.2 Å². The van der Waals surface area contributed by atoms with Crippen LogP contribution in [-0.2, 0) is 11.2 Å². The summed E-state index contributed by atoms with van der Waals surface area (Å²) in [6.45, 7) is 5.69. The third-order valence-corrected chi connectivity index (χ3v) is 4.14. The molecule has 0 N–H and O–H groups in total. The summed E-state index contributed by atoms with van der Waals surface area (Å²) < 4.78 is 5.79. The monoisotopic (exact) mass is 275 g/mol. The van der Waals surface area contributed by atoms with E-state index >= 15 is 0 Å². The molecule has 5 nitrogen and oxygen atoms in total. The van der Waals surface area contributed by atoms with Gasteiger partial charge in [-0.2, -0.15) is 0 Å². The fraction of sp³-hybridized carbons (Fsp3) is 0.667. The lowest BCUT2D eigenvalue weighted by Crippen LogP contribution is -2.38. The van der Waals surface area contributed by atoms with Gasteiger partial charge in [0.25, 0.3) is 0 Å². The van der Waals surface area contributed by atoms with Crippen LogP contribution in [0.25, 0.3) is 0 Å². The highest BCUT2D eigenvalue weighted by molar-refractivity contribution is 5.97. The summed E-state index contributed by atoms with van der Waals surface area (Å²) in [4.78, 5) is 23.3. The summed E-state index contributed by atoms with van der Waals surface area (Å²) in [5.41, 5.74) is 1.63. The largest absolute Gasteiger partial charge is 0.368 e. The van der Waals surface area contributed by atoms with Crippen molar-refractivity contribution in [1.82, 2.24) is 14.9 Å². The maximum atomic E-state index is 12.0. The minimum absolute atomic E-state index is 0.0626. The van der Waals surface area contributed by atoms with Crippen molar-refractivity contribution in [1.29, 1.82) is 0 Å². The van der Waals surface area contributed by atoms with E-state index in [1.54, 1.807) is 6.20 Å². The predicted molar refractivity (Wildman–Crippen MR) is 74.7 cm³/mol. The average Bonchev–Trinajstić information content (AvgIpc) is 2.69. The fourth-order valence-corrected chi connectivity index (χ4v) is 2.87. The third-order valence-electron chi connectivity index (χ3n) is 4.14. The van der Waals surface area contributed by atoms with Crippen LogP contribution in [-0.4, -0.2) is 46.9 Å². The summed E-state index contributed by atoms with van der Waals surface area (Å²) in [6, 6.07) is 0. The van der Waals surface area contributed by atoms with E-state index in [-0.39, 0.29) is 11.9 Å². The Morgan fingerprint density at radius 1 is 1.40 bits per heavy atom. The van der Waals surface area contributed by atoms with Crippen LogP contribution in [0.1, 0.15) is 54.2 Å². The molecule has 1 atom stereocenters. The lowest BCUT2D eigenvalue weighted by Gasteiger charge is -2.31. The molecule has 3 rings (SSSR count). The molecule has 0 aromatic carbocycles. The second-order valence-electron chi connectivity index (χ2n) is 5.47. The van der Waals surface area contributed by atoms with Gasteiger partial charge in [0.2, 0.25) is 0 Å². The van der Waals surface area contributed by atoms with Crippen LogP contribution in [0, 0.1) is 0 Å². The molecular weight excluding hydrogens is 254 g/mol. The molecule has 1 aliphatic heterocycles. The van der Waals surface area contributed by atoms with E-state index in [4.69, 9.17) is 4.74 Å². The van der Waals surface area contributed by atoms with Crippen molar-refractivity contribution in [3.8, 4) is 0 Å². The average molecular weight is 275 g/mol. The Bertz CT molecular complexity index is 504. The van der Waals surface area contributed by atoms with Gasteiger partial charge in [-0.15, -0.1) is 0 Å². The lowest BCUT2D eigenvalue weighted by molar-refractivity contribution is -0.0326. The SMILES string of the molecule is CCN1CCOC(c2ncc3c(n2)CCCCC3=O)C1. The molecule has 2 aliphatic rings. The van der Waals surface area contributed by atoms with Gasteiger partial charge in [0.1, 0.15) is 6.10 Å². The smallest absolute Gasteiger partial charge is 0.166 e. The first-order valence-corrected chi connectivity index (χ1v) is 7.51. The minimum atomic E-state index is -0.0626. The number of morpholine rings is 1. The highest BCUT2D eigenvalue weighted by atomic mass is 16.5. The van der Waals surface area contributed by atoms with Crippen LogP contribution < -0.4 is 0 Å². The molecular formula is C15H21N3O2. The molecule has 0 spiro atoms. The Morgan fingerprint density at radius 2 is 2.25 bits per heavy atom. The van der Waals surface area contributed by atoms with E-state index in [1.165, 1.54) is 0 Å².